The van der Waals surface area contributed by atoms with E-state index in [0.29, 0.717) is 11.8 Å². The molecule has 2 rings (SSSR count). The summed E-state index contributed by atoms with van der Waals surface area (Å²) in [5.41, 5.74) is 0.854. The highest BCUT2D eigenvalue weighted by Gasteiger charge is 2.13. The summed E-state index contributed by atoms with van der Waals surface area (Å²) in [5.74, 6) is 3.70. The fourth-order valence-corrected chi connectivity index (χ4v) is 4.37. The van der Waals surface area contributed by atoms with Crippen LogP contribution in [0.5, 0.6) is 0 Å². The van der Waals surface area contributed by atoms with Gasteiger partial charge in [0.1, 0.15) is 0 Å². The molecule has 18 heavy (non-hydrogen) atoms. The summed E-state index contributed by atoms with van der Waals surface area (Å²) in [7, 11) is 0. The molecule has 1 fully saturated rings. The van der Waals surface area contributed by atoms with Gasteiger partial charge in [-0.15, -0.1) is 0 Å². The minimum atomic E-state index is 0.0228. The molecular weight excluding hydrogens is 264 g/mol. The lowest BCUT2D eigenvalue weighted by atomic mass is 10.3. The third kappa shape index (κ3) is 4.92. The second kappa shape index (κ2) is 7.71. The van der Waals surface area contributed by atoms with E-state index in [4.69, 9.17) is 0 Å². The normalized spacial score (nSPS) is 19.4. The first-order valence-corrected chi connectivity index (χ1v) is 8.30. The van der Waals surface area contributed by atoms with Crippen LogP contribution in [0.1, 0.15) is 0 Å². The van der Waals surface area contributed by atoms with Crippen molar-refractivity contribution in [3.05, 3.63) is 30.3 Å². The van der Waals surface area contributed by atoms with Crippen LogP contribution in [0.4, 0.5) is 5.69 Å². The van der Waals surface area contributed by atoms with Gasteiger partial charge in [-0.25, -0.2) is 0 Å². The van der Waals surface area contributed by atoms with E-state index in [-0.39, 0.29) is 5.91 Å². The van der Waals surface area contributed by atoms with Crippen LogP contribution >= 0.6 is 23.5 Å². The highest BCUT2D eigenvalue weighted by Crippen LogP contribution is 2.23. The maximum atomic E-state index is 11.7. The van der Waals surface area contributed by atoms with Crippen LogP contribution in [0.3, 0.4) is 0 Å². The number of hydrogen-bond acceptors (Lipinski definition) is 4. The molecule has 5 heteroatoms. The molecule has 1 unspecified atom stereocenters. The van der Waals surface area contributed by atoms with Crippen molar-refractivity contribution in [2.75, 3.05) is 35.7 Å². The first-order valence-electron chi connectivity index (χ1n) is 6.09. The van der Waals surface area contributed by atoms with Crippen molar-refractivity contribution in [1.82, 2.24) is 5.32 Å². The van der Waals surface area contributed by atoms with E-state index in [2.05, 4.69) is 10.6 Å². The van der Waals surface area contributed by atoms with Crippen LogP contribution in [0.15, 0.2) is 30.3 Å². The van der Waals surface area contributed by atoms with Crippen molar-refractivity contribution in [3.8, 4) is 0 Å². The number of para-hydroxylation sites is 1. The third-order valence-corrected chi connectivity index (χ3v) is 5.44. The summed E-state index contributed by atoms with van der Waals surface area (Å²) < 4.78 is 0. The molecule has 1 amide bonds. The SMILES string of the molecule is O=C(CNCC1CSCCS1)Nc1ccccc1. The van der Waals surface area contributed by atoms with E-state index < -0.39 is 0 Å². The number of hydrogen-bond donors (Lipinski definition) is 2. The van der Waals surface area contributed by atoms with Crippen LogP contribution in [0.2, 0.25) is 0 Å². The van der Waals surface area contributed by atoms with Gasteiger partial charge in [-0.2, -0.15) is 23.5 Å². The Balaban J connectivity index is 1.62. The minimum absolute atomic E-state index is 0.0228. The number of rotatable bonds is 5. The third-order valence-electron chi connectivity index (χ3n) is 2.60. The fraction of sp³-hybridized carbons (Fsp3) is 0.462. The average Bonchev–Trinajstić information content (AvgIpc) is 2.41. The molecule has 98 valence electrons. The zero-order valence-electron chi connectivity index (χ0n) is 10.2. The van der Waals surface area contributed by atoms with Crippen molar-refractivity contribution in [3.63, 3.8) is 0 Å². The largest absolute Gasteiger partial charge is 0.325 e. The van der Waals surface area contributed by atoms with Gasteiger partial charge in [0.05, 0.1) is 6.54 Å². The topological polar surface area (TPSA) is 41.1 Å². The number of amides is 1. The molecule has 1 atom stereocenters. The molecular formula is C13H18N2OS2. The van der Waals surface area contributed by atoms with E-state index in [9.17, 15) is 4.79 Å². The Kier molecular flexibility index (Phi) is 5.90. The maximum absolute atomic E-state index is 11.7. The van der Waals surface area contributed by atoms with Crippen LogP contribution in [0, 0.1) is 0 Å². The molecule has 1 aliphatic heterocycles. The molecule has 1 saturated heterocycles. The lowest BCUT2D eigenvalue weighted by Crippen LogP contribution is -2.34. The Bertz CT molecular complexity index is 367. The van der Waals surface area contributed by atoms with Gasteiger partial charge in [0.2, 0.25) is 5.91 Å². The quantitative estimate of drug-likeness (QED) is 0.867. The van der Waals surface area contributed by atoms with Crippen molar-refractivity contribution >= 4 is 35.1 Å². The Hall–Kier alpha value is -0.650. The van der Waals surface area contributed by atoms with Crippen LogP contribution in [-0.4, -0.2) is 41.5 Å². The maximum Gasteiger partial charge on any atom is 0.238 e. The number of benzene rings is 1. The van der Waals surface area contributed by atoms with Crippen molar-refractivity contribution in [1.29, 1.82) is 0 Å². The number of carbonyl (C=O) groups is 1. The average molecular weight is 282 g/mol. The second-order valence-electron chi connectivity index (χ2n) is 4.11. The van der Waals surface area contributed by atoms with Gasteiger partial charge in [0.25, 0.3) is 0 Å². The highest BCUT2D eigenvalue weighted by molar-refractivity contribution is 8.06. The Morgan fingerprint density at radius 3 is 2.83 bits per heavy atom. The van der Waals surface area contributed by atoms with E-state index in [1.165, 1.54) is 17.3 Å². The first-order chi connectivity index (χ1) is 8.84. The summed E-state index contributed by atoms with van der Waals surface area (Å²) in [4.78, 5) is 11.7. The predicted molar refractivity (Wildman–Crippen MR) is 81.5 cm³/mol. The summed E-state index contributed by atoms with van der Waals surface area (Å²) in [6.07, 6.45) is 0. The number of thioether (sulfide) groups is 2. The monoisotopic (exact) mass is 282 g/mol. The molecule has 1 aromatic carbocycles. The number of nitrogens with one attached hydrogen (secondary N) is 2. The Morgan fingerprint density at radius 1 is 1.28 bits per heavy atom. The lowest BCUT2D eigenvalue weighted by Gasteiger charge is -2.21. The van der Waals surface area contributed by atoms with Crippen molar-refractivity contribution in [2.24, 2.45) is 0 Å². The van der Waals surface area contributed by atoms with Crippen LogP contribution < -0.4 is 10.6 Å². The van der Waals surface area contributed by atoms with E-state index in [1.807, 2.05) is 53.9 Å². The zero-order valence-corrected chi connectivity index (χ0v) is 11.9. The van der Waals surface area contributed by atoms with E-state index in [0.717, 1.165) is 12.2 Å². The molecule has 1 aliphatic rings. The molecule has 2 N–H and O–H groups in total. The van der Waals surface area contributed by atoms with Crippen molar-refractivity contribution in [2.45, 2.75) is 5.25 Å². The van der Waals surface area contributed by atoms with Gasteiger partial charge in [0, 0.05) is 34.7 Å². The molecule has 1 aromatic rings. The smallest absolute Gasteiger partial charge is 0.238 e. The van der Waals surface area contributed by atoms with Gasteiger partial charge in [-0.05, 0) is 12.1 Å². The van der Waals surface area contributed by atoms with Gasteiger partial charge in [0.15, 0.2) is 0 Å². The van der Waals surface area contributed by atoms with Crippen LogP contribution in [-0.2, 0) is 4.79 Å². The fourth-order valence-electron chi connectivity index (χ4n) is 1.73. The van der Waals surface area contributed by atoms with Gasteiger partial charge < -0.3 is 10.6 Å². The summed E-state index contributed by atoms with van der Waals surface area (Å²) in [6, 6.07) is 9.56. The molecule has 0 aliphatic carbocycles. The highest BCUT2D eigenvalue weighted by atomic mass is 32.2. The predicted octanol–water partition coefficient (Wildman–Crippen LogP) is 2.06. The molecule has 0 saturated carbocycles. The van der Waals surface area contributed by atoms with E-state index in [1.54, 1.807) is 0 Å². The molecule has 0 bridgehead atoms. The zero-order chi connectivity index (χ0) is 12.6. The molecule has 3 nitrogen and oxygen atoms in total. The standard InChI is InChI=1S/C13H18N2OS2/c16-13(15-11-4-2-1-3-5-11)9-14-8-12-10-17-6-7-18-12/h1-5,12,14H,6-10H2,(H,15,16). The van der Waals surface area contributed by atoms with Crippen LogP contribution in [0.25, 0.3) is 0 Å². The Labute approximate surface area is 116 Å². The summed E-state index contributed by atoms with van der Waals surface area (Å²) >= 11 is 4.01. The lowest BCUT2D eigenvalue weighted by molar-refractivity contribution is -0.115. The minimum Gasteiger partial charge on any atom is -0.325 e. The van der Waals surface area contributed by atoms with E-state index >= 15 is 0 Å². The summed E-state index contributed by atoms with van der Waals surface area (Å²) in [6.45, 7) is 1.30. The number of carbonyl (C=O) groups excluding carboxylic acids is 1. The molecule has 0 spiro atoms. The molecule has 0 radical (unpaired) electrons. The van der Waals surface area contributed by atoms with Gasteiger partial charge in [-0.3, -0.25) is 4.79 Å². The van der Waals surface area contributed by atoms with Crippen molar-refractivity contribution < 1.29 is 4.79 Å². The Morgan fingerprint density at radius 2 is 2.11 bits per heavy atom. The molecule has 1 heterocycles. The van der Waals surface area contributed by atoms with Gasteiger partial charge in [-0.1, -0.05) is 18.2 Å². The van der Waals surface area contributed by atoms with Gasteiger partial charge >= 0.3 is 0 Å². The summed E-state index contributed by atoms with van der Waals surface area (Å²) in [5, 5.41) is 6.74. The molecule has 0 aromatic heterocycles. The number of anilines is 1. The second-order valence-corrected chi connectivity index (χ2v) is 6.67. The first kappa shape index (κ1) is 13.8.